The first-order chi connectivity index (χ1) is 15.2. The number of nitrogens with one attached hydrogen (secondary N) is 1. The van der Waals surface area contributed by atoms with Crippen molar-refractivity contribution < 1.29 is 9.90 Å². The van der Waals surface area contributed by atoms with Crippen LogP contribution in [0.25, 0.3) is 11.1 Å². The molecule has 4 heteroatoms. The zero-order chi connectivity index (χ0) is 21.6. The third-order valence-electron chi connectivity index (χ3n) is 5.12. The number of rotatable bonds is 7. The number of phenolic OH excluding ortho intramolecular Hbond substituents is 1. The largest absolute Gasteiger partial charge is 0.508 e. The van der Waals surface area contributed by atoms with Crippen LogP contribution in [0.2, 0.25) is 0 Å². The average Bonchev–Trinajstić information content (AvgIpc) is 2.81. The monoisotopic (exact) mass is 425 g/mol. The van der Waals surface area contributed by atoms with Gasteiger partial charge in [-0.15, -0.1) is 0 Å². The van der Waals surface area contributed by atoms with Crippen LogP contribution in [-0.2, 0) is 6.42 Å². The van der Waals surface area contributed by atoms with Gasteiger partial charge in [-0.1, -0.05) is 72.4 Å². The van der Waals surface area contributed by atoms with Gasteiger partial charge in [0.15, 0.2) is 6.29 Å². The molecule has 3 nitrogen and oxygen atoms in total. The number of phenols is 1. The van der Waals surface area contributed by atoms with Crippen molar-refractivity contribution in [2.45, 2.75) is 16.2 Å². The lowest BCUT2D eigenvalue weighted by Crippen LogP contribution is -1.95. The van der Waals surface area contributed by atoms with Gasteiger partial charge in [0, 0.05) is 28.1 Å². The molecule has 4 aromatic carbocycles. The fourth-order valence-corrected chi connectivity index (χ4v) is 4.54. The van der Waals surface area contributed by atoms with Gasteiger partial charge in [0.25, 0.3) is 0 Å². The predicted molar refractivity (Wildman–Crippen MR) is 128 cm³/mol. The van der Waals surface area contributed by atoms with Crippen LogP contribution in [0.5, 0.6) is 5.75 Å². The van der Waals surface area contributed by atoms with Gasteiger partial charge >= 0.3 is 0 Å². The van der Waals surface area contributed by atoms with E-state index in [4.69, 9.17) is 0 Å². The summed E-state index contributed by atoms with van der Waals surface area (Å²) in [5.74, 6) is 0.272. The zero-order valence-electron chi connectivity index (χ0n) is 17.2. The lowest BCUT2D eigenvalue weighted by atomic mass is 9.99. The molecular weight excluding hydrogens is 402 g/mol. The summed E-state index contributed by atoms with van der Waals surface area (Å²) in [5, 5.41) is 12.8. The molecule has 0 fully saturated rings. The van der Waals surface area contributed by atoms with E-state index in [0.717, 1.165) is 39.3 Å². The maximum absolute atomic E-state index is 11.3. The Morgan fingerprint density at radius 3 is 2.35 bits per heavy atom. The lowest BCUT2D eigenvalue weighted by Gasteiger charge is -2.13. The molecular formula is C27H23NO2S. The third kappa shape index (κ3) is 4.98. The molecule has 0 saturated heterocycles. The van der Waals surface area contributed by atoms with E-state index in [-0.39, 0.29) is 5.75 Å². The van der Waals surface area contributed by atoms with E-state index < -0.39 is 0 Å². The number of benzene rings is 4. The van der Waals surface area contributed by atoms with Crippen LogP contribution in [0.3, 0.4) is 0 Å². The number of anilines is 1. The van der Waals surface area contributed by atoms with Crippen LogP contribution in [0, 0.1) is 0 Å². The molecule has 0 radical (unpaired) electrons. The average molecular weight is 426 g/mol. The van der Waals surface area contributed by atoms with Gasteiger partial charge in [-0.25, -0.2) is 0 Å². The summed E-state index contributed by atoms with van der Waals surface area (Å²) in [7, 11) is 1.92. The lowest BCUT2D eigenvalue weighted by molar-refractivity contribution is 0.112. The van der Waals surface area contributed by atoms with E-state index in [1.165, 1.54) is 11.1 Å². The fraction of sp³-hybridized carbons (Fsp3) is 0.0741. The molecule has 0 aliphatic heterocycles. The molecule has 0 aliphatic rings. The second kappa shape index (κ2) is 9.54. The Labute approximate surface area is 186 Å². The summed E-state index contributed by atoms with van der Waals surface area (Å²) in [4.78, 5) is 13.4. The minimum Gasteiger partial charge on any atom is -0.508 e. The van der Waals surface area contributed by atoms with Gasteiger partial charge < -0.3 is 10.4 Å². The van der Waals surface area contributed by atoms with E-state index >= 15 is 0 Å². The highest BCUT2D eigenvalue weighted by molar-refractivity contribution is 7.99. The molecule has 0 heterocycles. The van der Waals surface area contributed by atoms with Crippen LogP contribution >= 0.6 is 11.8 Å². The highest BCUT2D eigenvalue weighted by atomic mass is 32.2. The Morgan fingerprint density at radius 1 is 0.806 bits per heavy atom. The summed E-state index contributed by atoms with van der Waals surface area (Å²) in [6.07, 6.45) is 1.72. The van der Waals surface area contributed by atoms with Crippen LogP contribution < -0.4 is 5.32 Å². The molecule has 154 valence electrons. The van der Waals surface area contributed by atoms with Gasteiger partial charge in [0.1, 0.15) is 5.75 Å². The van der Waals surface area contributed by atoms with Crippen molar-refractivity contribution in [1.29, 1.82) is 0 Å². The third-order valence-corrected chi connectivity index (χ3v) is 6.28. The molecule has 0 spiro atoms. The van der Waals surface area contributed by atoms with Crippen LogP contribution in [0.15, 0.2) is 101 Å². The summed E-state index contributed by atoms with van der Waals surface area (Å²) in [6, 6.07) is 29.8. The number of aldehydes is 1. The first kappa shape index (κ1) is 20.8. The van der Waals surface area contributed by atoms with E-state index in [0.29, 0.717) is 5.56 Å². The summed E-state index contributed by atoms with van der Waals surface area (Å²) in [5.41, 5.74) is 6.38. The Morgan fingerprint density at radius 2 is 1.58 bits per heavy atom. The first-order valence-electron chi connectivity index (χ1n) is 10.1. The standard InChI is InChI=1S/C27H23NO2S/c1-28-25-17-20(9-14-27(25)31-26-8-3-2-6-23(26)18-29)15-19-5-4-7-22(16-19)21-10-12-24(30)13-11-21/h2-14,16-18,28,30H,15H2,1H3. The van der Waals surface area contributed by atoms with Crippen molar-refractivity contribution in [1.82, 2.24) is 0 Å². The molecule has 0 bridgehead atoms. The maximum Gasteiger partial charge on any atom is 0.151 e. The molecule has 0 aliphatic carbocycles. The highest BCUT2D eigenvalue weighted by Gasteiger charge is 2.09. The second-order valence-corrected chi connectivity index (χ2v) is 8.35. The van der Waals surface area contributed by atoms with E-state index in [1.54, 1.807) is 23.9 Å². The topological polar surface area (TPSA) is 49.3 Å². The molecule has 0 saturated carbocycles. The van der Waals surface area contributed by atoms with Gasteiger partial charge in [-0.2, -0.15) is 0 Å². The molecule has 0 aromatic heterocycles. The van der Waals surface area contributed by atoms with Gasteiger partial charge in [0.2, 0.25) is 0 Å². The van der Waals surface area contributed by atoms with E-state index in [2.05, 4.69) is 47.8 Å². The minimum atomic E-state index is 0.272. The zero-order valence-corrected chi connectivity index (χ0v) is 18.0. The smallest absolute Gasteiger partial charge is 0.151 e. The van der Waals surface area contributed by atoms with Crippen molar-refractivity contribution >= 4 is 23.7 Å². The molecule has 4 aromatic rings. The number of hydrogen-bond donors (Lipinski definition) is 2. The van der Waals surface area contributed by atoms with Crippen molar-refractivity contribution in [3.63, 3.8) is 0 Å². The maximum atomic E-state index is 11.3. The minimum absolute atomic E-state index is 0.272. The van der Waals surface area contributed by atoms with Crippen molar-refractivity contribution in [2.75, 3.05) is 12.4 Å². The summed E-state index contributed by atoms with van der Waals surface area (Å²) < 4.78 is 0. The van der Waals surface area contributed by atoms with Gasteiger partial charge in [-0.05, 0) is 59.0 Å². The van der Waals surface area contributed by atoms with Crippen molar-refractivity contribution in [3.8, 4) is 16.9 Å². The molecule has 4 rings (SSSR count). The quantitative estimate of drug-likeness (QED) is 0.325. The first-order valence-corrected chi connectivity index (χ1v) is 10.9. The number of carbonyl (C=O) groups excluding carboxylic acids is 1. The van der Waals surface area contributed by atoms with Crippen LogP contribution in [0.4, 0.5) is 5.69 Å². The van der Waals surface area contributed by atoms with Crippen molar-refractivity contribution in [3.05, 3.63) is 108 Å². The normalized spacial score (nSPS) is 10.6. The number of hydrogen-bond acceptors (Lipinski definition) is 4. The Balaban J connectivity index is 1.56. The molecule has 0 amide bonds. The summed E-state index contributed by atoms with van der Waals surface area (Å²) in [6.45, 7) is 0. The Kier molecular flexibility index (Phi) is 6.39. The SMILES string of the molecule is CNc1cc(Cc2cccc(-c3ccc(O)cc3)c2)ccc1Sc1ccccc1C=O. The second-order valence-electron chi connectivity index (χ2n) is 7.26. The number of carbonyl (C=O) groups is 1. The Bertz CT molecular complexity index is 1200. The fourth-order valence-electron chi connectivity index (χ4n) is 3.51. The predicted octanol–water partition coefficient (Wildman–Crippen LogP) is 6.66. The summed E-state index contributed by atoms with van der Waals surface area (Å²) >= 11 is 1.59. The molecule has 2 N–H and O–H groups in total. The van der Waals surface area contributed by atoms with Crippen molar-refractivity contribution in [2.24, 2.45) is 0 Å². The van der Waals surface area contributed by atoms with E-state index in [1.807, 2.05) is 43.4 Å². The molecule has 0 atom stereocenters. The number of aromatic hydroxyl groups is 1. The molecule has 31 heavy (non-hydrogen) atoms. The van der Waals surface area contributed by atoms with Crippen LogP contribution in [0.1, 0.15) is 21.5 Å². The molecule has 0 unspecified atom stereocenters. The van der Waals surface area contributed by atoms with E-state index in [9.17, 15) is 9.90 Å². The van der Waals surface area contributed by atoms with Crippen LogP contribution in [-0.4, -0.2) is 18.4 Å². The highest BCUT2D eigenvalue weighted by Crippen LogP contribution is 2.36. The van der Waals surface area contributed by atoms with Gasteiger partial charge in [0.05, 0.1) is 0 Å². The Hall–Kier alpha value is -3.50. The van der Waals surface area contributed by atoms with Gasteiger partial charge in [-0.3, -0.25) is 4.79 Å².